The Hall–Kier alpha value is -1.14. The summed E-state index contributed by atoms with van der Waals surface area (Å²) >= 11 is 0. The molecule has 0 saturated carbocycles. The Morgan fingerprint density at radius 1 is 1.53 bits per heavy atom. The first-order valence-corrected chi connectivity index (χ1v) is 9.35. The molecule has 0 spiro atoms. The number of ether oxygens (including phenoxy) is 1. The minimum Gasteiger partial charge on any atom is -0.478 e. The lowest BCUT2D eigenvalue weighted by Gasteiger charge is -2.15. The minimum absolute atomic E-state index is 0.235. The molecule has 5 nitrogen and oxygen atoms in total. The van der Waals surface area contributed by atoms with Crippen LogP contribution in [-0.4, -0.2) is 35.5 Å². The molecule has 1 aromatic heterocycles. The highest BCUT2D eigenvalue weighted by molar-refractivity contribution is 6.76. The van der Waals surface area contributed by atoms with E-state index >= 15 is 0 Å². The van der Waals surface area contributed by atoms with Gasteiger partial charge in [0.2, 0.25) is 0 Å². The third-order valence-corrected chi connectivity index (χ3v) is 4.25. The summed E-state index contributed by atoms with van der Waals surface area (Å²) in [4.78, 5) is 10.8. The summed E-state index contributed by atoms with van der Waals surface area (Å²) in [6, 6.07) is 1.10. The average molecular weight is 256 g/mol. The molecule has 0 aliphatic heterocycles. The fourth-order valence-electron chi connectivity index (χ4n) is 1.32. The molecule has 0 atom stereocenters. The first-order chi connectivity index (χ1) is 7.81. The van der Waals surface area contributed by atoms with Gasteiger partial charge in [0.05, 0.1) is 11.9 Å². The van der Waals surface area contributed by atoms with Gasteiger partial charge in [0.15, 0.2) is 0 Å². The van der Waals surface area contributed by atoms with Crippen molar-refractivity contribution in [2.24, 2.45) is 0 Å². The van der Waals surface area contributed by atoms with Crippen molar-refractivity contribution in [3.63, 3.8) is 0 Å². The predicted molar refractivity (Wildman–Crippen MR) is 68.0 cm³/mol. The first kappa shape index (κ1) is 13.9. The number of carboxylic acid groups (broad SMARTS) is 1. The fourth-order valence-corrected chi connectivity index (χ4v) is 2.07. The molecule has 1 N–H and O–H groups in total. The number of aromatic nitrogens is 2. The van der Waals surface area contributed by atoms with Crippen molar-refractivity contribution < 1.29 is 14.6 Å². The van der Waals surface area contributed by atoms with E-state index < -0.39 is 14.0 Å². The maximum absolute atomic E-state index is 10.8. The van der Waals surface area contributed by atoms with Crippen LogP contribution in [0.15, 0.2) is 6.20 Å². The highest BCUT2D eigenvalue weighted by Crippen LogP contribution is 2.09. The summed E-state index contributed by atoms with van der Waals surface area (Å²) in [6.45, 7) is 9.63. The maximum atomic E-state index is 10.8. The second-order valence-electron chi connectivity index (χ2n) is 5.30. The van der Waals surface area contributed by atoms with E-state index in [-0.39, 0.29) is 5.56 Å². The van der Waals surface area contributed by atoms with Crippen molar-refractivity contribution in [2.45, 2.75) is 39.3 Å². The van der Waals surface area contributed by atoms with Crippen molar-refractivity contribution in [2.75, 3.05) is 6.61 Å². The van der Waals surface area contributed by atoms with Gasteiger partial charge >= 0.3 is 5.97 Å². The summed E-state index contributed by atoms with van der Waals surface area (Å²) in [5.74, 6) is -0.948. The van der Waals surface area contributed by atoms with Crippen LogP contribution < -0.4 is 0 Å². The van der Waals surface area contributed by atoms with E-state index in [4.69, 9.17) is 9.84 Å². The molecule has 0 fully saturated rings. The zero-order chi connectivity index (χ0) is 13.1. The van der Waals surface area contributed by atoms with E-state index in [1.807, 2.05) is 0 Å². The van der Waals surface area contributed by atoms with Gasteiger partial charge in [-0.1, -0.05) is 19.6 Å². The maximum Gasteiger partial charge on any atom is 0.339 e. The molecule has 0 unspecified atom stereocenters. The van der Waals surface area contributed by atoms with Gasteiger partial charge < -0.3 is 9.84 Å². The van der Waals surface area contributed by atoms with Crippen LogP contribution in [0.1, 0.15) is 16.1 Å². The van der Waals surface area contributed by atoms with Gasteiger partial charge in [0.25, 0.3) is 0 Å². The lowest BCUT2D eigenvalue weighted by atomic mass is 10.3. The number of hydrogen-bond acceptors (Lipinski definition) is 3. The monoisotopic (exact) mass is 256 g/mol. The van der Waals surface area contributed by atoms with Crippen LogP contribution in [0, 0.1) is 6.92 Å². The van der Waals surface area contributed by atoms with Crippen molar-refractivity contribution >= 4 is 14.0 Å². The lowest BCUT2D eigenvalue weighted by Crippen LogP contribution is -2.22. The SMILES string of the molecule is Cc1c(C(=O)O)cnn1COCC[Si](C)(C)C. The molecular weight excluding hydrogens is 236 g/mol. The summed E-state index contributed by atoms with van der Waals surface area (Å²) < 4.78 is 7.09. The van der Waals surface area contributed by atoms with Crippen LogP contribution in [0.4, 0.5) is 0 Å². The standard InChI is InChI=1S/C11H20N2O3Si/c1-9-10(11(14)15)7-12-13(9)8-16-5-6-17(2,3)4/h7H,5-6,8H2,1-4H3,(H,14,15). The lowest BCUT2D eigenvalue weighted by molar-refractivity contribution is 0.0690. The molecule has 0 aromatic carbocycles. The smallest absolute Gasteiger partial charge is 0.339 e. The van der Waals surface area contributed by atoms with Crippen molar-refractivity contribution in [1.29, 1.82) is 0 Å². The van der Waals surface area contributed by atoms with Gasteiger partial charge in [0.1, 0.15) is 12.3 Å². The molecule has 0 aliphatic carbocycles. The van der Waals surface area contributed by atoms with Gasteiger partial charge in [-0.3, -0.25) is 0 Å². The second kappa shape index (κ2) is 5.46. The average Bonchev–Trinajstić information content (AvgIpc) is 2.53. The number of rotatable bonds is 6. The summed E-state index contributed by atoms with van der Waals surface area (Å²) in [5.41, 5.74) is 0.865. The third-order valence-electron chi connectivity index (χ3n) is 2.54. The first-order valence-electron chi connectivity index (χ1n) is 5.65. The van der Waals surface area contributed by atoms with Crippen molar-refractivity contribution in [1.82, 2.24) is 9.78 Å². The van der Waals surface area contributed by atoms with E-state index in [0.717, 1.165) is 6.04 Å². The Morgan fingerprint density at radius 3 is 2.65 bits per heavy atom. The van der Waals surface area contributed by atoms with E-state index in [1.54, 1.807) is 11.6 Å². The molecule has 1 aromatic rings. The molecule has 6 heteroatoms. The number of carbonyl (C=O) groups is 1. The molecule has 1 heterocycles. The molecule has 96 valence electrons. The molecule has 0 amide bonds. The number of nitrogens with zero attached hydrogens (tertiary/aromatic N) is 2. The molecule has 0 bridgehead atoms. The van der Waals surface area contributed by atoms with Crippen LogP contribution in [0.25, 0.3) is 0 Å². The van der Waals surface area contributed by atoms with E-state index in [0.29, 0.717) is 19.0 Å². The molecule has 0 aliphatic rings. The van der Waals surface area contributed by atoms with Crippen LogP contribution in [0.3, 0.4) is 0 Å². The number of hydrogen-bond donors (Lipinski definition) is 1. The summed E-state index contributed by atoms with van der Waals surface area (Å²) in [6.07, 6.45) is 1.36. The van der Waals surface area contributed by atoms with Crippen molar-refractivity contribution in [3.8, 4) is 0 Å². The van der Waals surface area contributed by atoms with E-state index in [2.05, 4.69) is 24.7 Å². The number of carboxylic acids is 1. The Kier molecular flexibility index (Phi) is 4.47. The van der Waals surface area contributed by atoms with Gasteiger partial charge in [-0.15, -0.1) is 0 Å². The normalized spacial score (nSPS) is 11.8. The van der Waals surface area contributed by atoms with Gasteiger partial charge in [-0.2, -0.15) is 5.10 Å². The highest BCUT2D eigenvalue weighted by Gasteiger charge is 2.14. The van der Waals surface area contributed by atoms with Gasteiger partial charge in [-0.25, -0.2) is 9.48 Å². The molecule has 0 saturated heterocycles. The third kappa shape index (κ3) is 4.31. The quantitative estimate of drug-likeness (QED) is 0.626. The van der Waals surface area contributed by atoms with Crippen molar-refractivity contribution in [3.05, 3.63) is 17.5 Å². The second-order valence-corrected chi connectivity index (χ2v) is 10.9. The van der Waals surface area contributed by atoms with Crippen LogP contribution >= 0.6 is 0 Å². The Balaban J connectivity index is 2.45. The van der Waals surface area contributed by atoms with Crippen LogP contribution in [0.2, 0.25) is 25.7 Å². The summed E-state index contributed by atoms with van der Waals surface area (Å²) in [7, 11) is -1.07. The largest absolute Gasteiger partial charge is 0.478 e. The zero-order valence-corrected chi connectivity index (χ0v) is 11.9. The number of aromatic carboxylic acids is 1. The van der Waals surface area contributed by atoms with E-state index in [9.17, 15) is 4.79 Å². The Bertz CT molecular complexity index is 396. The molecule has 1 rings (SSSR count). The summed E-state index contributed by atoms with van der Waals surface area (Å²) in [5, 5.41) is 12.9. The fraction of sp³-hybridized carbons (Fsp3) is 0.636. The Labute approximate surface area is 102 Å². The zero-order valence-electron chi connectivity index (χ0n) is 10.9. The molecule has 0 radical (unpaired) electrons. The topological polar surface area (TPSA) is 64.3 Å². The highest BCUT2D eigenvalue weighted by atomic mass is 28.3. The predicted octanol–water partition coefficient (Wildman–Crippen LogP) is 2.20. The molecule has 17 heavy (non-hydrogen) atoms. The van der Waals surface area contributed by atoms with E-state index in [1.165, 1.54) is 6.20 Å². The van der Waals surface area contributed by atoms with Crippen LogP contribution in [-0.2, 0) is 11.5 Å². The van der Waals surface area contributed by atoms with Crippen LogP contribution in [0.5, 0.6) is 0 Å². The molecular formula is C11H20N2O3Si. The van der Waals surface area contributed by atoms with Gasteiger partial charge in [0, 0.05) is 14.7 Å². The Morgan fingerprint density at radius 2 is 2.18 bits per heavy atom. The van der Waals surface area contributed by atoms with Gasteiger partial charge in [-0.05, 0) is 13.0 Å². The minimum atomic E-state index is -1.07.